The van der Waals surface area contributed by atoms with Gasteiger partial charge in [-0.15, -0.1) is 22.7 Å². The van der Waals surface area contributed by atoms with Gasteiger partial charge in [-0.25, -0.2) is 0 Å². The summed E-state index contributed by atoms with van der Waals surface area (Å²) in [6, 6.07) is 9.37. The van der Waals surface area contributed by atoms with Crippen molar-refractivity contribution in [3.05, 3.63) is 55.0 Å². The maximum absolute atomic E-state index is 12.2. The van der Waals surface area contributed by atoms with E-state index < -0.39 is 0 Å². The van der Waals surface area contributed by atoms with Crippen LogP contribution in [-0.4, -0.2) is 18.2 Å². The van der Waals surface area contributed by atoms with Crippen molar-refractivity contribution in [2.45, 2.75) is 0 Å². The number of thiophene rings is 2. The SMILES string of the molecule is O=C(CNC(=O)c1sc2ccccc2c1Cl)c1sccc1Br. The molecule has 3 rings (SSSR count). The third kappa shape index (κ3) is 2.96. The van der Waals surface area contributed by atoms with Crippen molar-refractivity contribution in [1.29, 1.82) is 0 Å². The number of amides is 1. The summed E-state index contributed by atoms with van der Waals surface area (Å²) in [6.45, 7) is -0.0531. The van der Waals surface area contributed by atoms with E-state index in [0.717, 1.165) is 14.6 Å². The molecule has 3 nitrogen and oxygen atoms in total. The van der Waals surface area contributed by atoms with E-state index in [4.69, 9.17) is 11.6 Å². The molecule has 2 aromatic heterocycles. The number of benzene rings is 1. The quantitative estimate of drug-likeness (QED) is 0.611. The maximum Gasteiger partial charge on any atom is 0.263 e. The van der Waals surface area contributed by atoms with Crippen LogP contribution in [0, 0.1) is 0 Å². The fraction of sp³-hybridized carbons (Fsp3) is 0.0667. The van der Waals surface area contributed by atoms with Gasteiger partial charge in [0.1, 0.15) is 4.88 Å². The molecule has 1 aromatic carbocycles. The highest BCUT2D eigenvalue weighted by atomic mass is 79.9. The summed E-state index contributed by atoms with van der Waals surface area (Å²) in [5, 5.41) is 5.75. The number of Topliss-reactive ketones (excluding diaryl/α,β-unsaturated/α-hetero) is 1. The van der Waals surface area contributed by atoms with Gasteiger partial charge in [-0.05, 0) is 33.4 Å². The first-order valence-corrected chi connectivity index (χ1v) is 9.16. The van der Waals surface area contributed by atoms with Crippen LogP contribution in [0.1, 0.15) is 19.3 Å². The lowest BCUT2D eigenvalue weighted by atomic mass is 10.2. The predicted molar refractivity (Wildman–Crippen MR) is 95.5 cm³/mol. The zero-order valence-corrected chi connectivity index (χ0v) is 15.0. The summed E-state index contributed by atoms with van der Waals surface area (Å²) in [5.74, 6) is -0.459. The second-order valence-electron chi connectivity index (χ2n) is 4.44. The van der Waals surface area contributed by atoms with Gasteiger partial charge in [0.05, 0.1) is 16.4 Å². The van der Waals surface area contributed by atoms with E-state index in [1.807, 2.05) is 35.7 Å². The van der Waals surface area contributed by atoms with Crippen LogP contribution in [-0.2, 0) is 0 Å². The topological polar surface area (TPSA) is 46.2 Å². The maximum atomic E-state index is 12.2. The summed E-state index contributed by atoms with van der Waals surface area (Å²) in [4.78, 5) is 25.3. The average Bonchev–Trinajstić information content (AvgIpc) is 3.09. The number of hydrogen-bond donors (Lipinski definition) is 1. The Labute approximate surface area is 148 Å². The molecule has 0 aliphatic heterocycles. The molecule has 0 radical (unpaired) electrons. The monoisotopic (exact) mass is 413 g/mol. The number of halogens is 2. The number of carbonyl (C=O) groups excluding carboxylic acids is 2. The summed E-state index contributed by atoms with van der Waals surface area (Å²) in [5.41, 5.74) is 0. The summed E-state index contributed by atoms with van der Waals surface area (Å²) >= 11 is 12.2. The molecule has 0 aliphatic carbocycles. The Bertz CT molecular complexity index is 871. The third-order valence-electron chi connectivity index (χ3n) is 3.02. The van der Waals surface area contributed by atoms with Crippen molar-refractivity contribution in [1.82, 2.24) is 5.32 Å². The van der Waals surface area contributed by atoms with E-state index in [9.17, 15) is 9.59 Å². The Balaban J connectivity index is 1.75. The standard InChI is InChI=1S/C15H9BrClNO2S2/c16-9-5-6-21-13(9)10(19)7-18-15(20)14-12(17)8-3-1-2-4-11(8)22-14/h1-6H,7H2,(H,18,20). The van der Waals surface area contributed by atoms with E-state index in [0.29, 0.717) is 14.8 Å². The highest BCUT2D eigenvalue weighted by Gasteiger charge is 2.18. The number of hydrogen-bond acceptors (Lipinski definition) is 4. The van der Waals surface area contributed by atoms with Gasteiger partial charge in [0.15, 0.2) is 5.78 Å². The van der Waals surface area contributed by atoms with Gasteiger partial charge in [-0.3, -0.25) is 9.59 Å². The van der Waals surface area contributed by atoms with Crippen LogP contribution in [0.2, 0.25) is 5.02 Å². The molecule has 7 heteroatoms. The van der Waals surface area contributed by atoms with Crippen molar-refractivity contribution >= 4 is 72.0 Å². The van der Waals surface area contributed by atoms with E-state index in [2.05, 4.69) is 21.2 Å². The zero-order chi connectivity index (χ0) is 15.7. The first-order valence-electron chi connectivity index (χ1n) is 6.29. The highest BCUT2D eigenvalue weighted by Crippen LogP contribution is 2.35. The van der Waals surface area contributed by atoms with E-state index >= 15 is 0 Å². The molecule has 2 heterocycles. The van der Waals surface area contributed by atoms with Gasteiger partial charge in [0.2, 0.25) is 0 Å². The molecule has 0 saturated carbocycles. The molecule has 1 amide bonds. The number of nitrogens with one attached hydrogen (secondary N) is 1. The smallest absolute Gasteiger partial charge is 0.263 e. The third-order valence-corrected chi connectivity index (χ3v) is 6.57. The number of rotatable bonds is 4. The lowest BCUT2D eigenvalue weighted by molar-refractivity contribution is 0.0908. The Morgan fingerprint density at radius 1 is 1.18 bits per heavy atom. The predicted octanol–water partition coefficient (Wildman–Crippen LogP) is 4.99. The number of ketones is 1. The first kappa shape index (κ1) is 15.7. The molecule has 0 unspecified atom stereocenters. The molecule has 3 aromatic rings. The van der Waals surface area contributed by atoms with Crippen molar-refractivity contribution in [2.24, 2.45) is 0 Å². The summed E-state index contributed by atoms with van der Waals surface area (Å²) < 4.78 is 1.70. The van der Waals surface area contributed by atoms with Gasteiger partial charge in [-0.2, -0.15) is 0 Å². The van der Waals surface area contributed by atoms with Crippen LogP contribution in [0.15, 0.2) is 40.2 Å². The van der Waals surface area contributed by atoms with Crippen molar-refractivity contribution in [3.8, 4) is 0 Å². The molecule has 0 spiro atoms. The van der Waals surface area contributed by atoms with Crippen LogP contribution < -0.4 is 5.32 Å². The van der Waals surface area contributed by atoms with E-state index in [1.165, 1.54) is 22.7 Å². The minimum atomic E-state index is -0.327. The second-order valence-corrected chi connectivity index (χ2v) is 7.65. The Morgan fingerprint density at radius 3 is 2.64 bits per heavy atom. The van der Waals surface area contributed by atoms with Crippen molar-refractivity contribution < 1.29 is 9.59 Å². The molecule has 22 heavy (non-hydrogen) atoms. The molecule has 112 valence electrons. The van der Waals surface area contributed by atoms with Gasteiger partial charge < -0.3 is 5.32 Å². The van der Waals surface area contributed by atoms with Crippen LogP contribution in [0.4, 0.5) is 0 Å². The van der Waals surface area contributed by atoms with Crippen molar-refractivity contribution in [3.63, 3.8) is 0 Å². The first-order chi connectivity index (χ1) is 10.6. The molecule has 0 fully saturated rings. The average molecular weight is 415 g/mol. The highest BCUT2D eigenvalue weighted by molar-refractivity contribution is 9.10. The van der Waals surface area contributed by atoms with Crippen LogP contribution >= 0.6 is 50.2 Å². The lowest BCUT2D eigenvalue weighted by Gasteiger charge is -2.02. The Kier molecular flexibility index (Phi) is 4.63. The second kappa shape index (κ2) is 6.50. The van der Waals surface area contributed by atoms with Crippen molar-refractivity contribution in [2.75, 3.05) is 6.54 Å². The van der Waals surface area contributed by atoms with Gasteiger partial charge >= 0.3 is 0 Å². The lowest BCUT2D eigenvalue weighted by Crippen LogP contribution is -2.28. The molecule has 0 atom stereocenters. The Hall–Kier alpha value is -1.21. The van der Waals surface area contributed by atoms with Crippen LogP contribution in [0.25, 0.3) is 10.1 Å². The van der Waals surface area contributed by atoms with Gasteiger partial charge in [0.25, 0.3) is 5.91 Å². The molecular formula is C15H9BrClNO2S2. The number of fused-ring (bicyclic) bond motifs is 1. The molecule has 0 bridgehead atoms. The van der Waals surface area contributed by atoms with Gasteiger partial charge in [0, 0.05) is 14.6 Å². The fourth-order valence-corrected chi connectivity index (χ4v) is 4.94. The normalized spacial score (nSPS) is 10.8. The van der Waals surface area contributed by atoms with Crippen LogP contribution in [0.3, 0.4) is 0 Å². The van der Waals surface area contributed by atoms with Crippen LogP contribution in [0.5, 0.6) is 0 Å². The molecule has 0 aliphatic rings. The fourth-order valence-electron chi connectivity index (χ4n) is 1.97. The largest absolute Gasteiger partial charge is 0.344 e. The number of carbonyl (C=O) groups is 2. The summed E-state index contributed by atoms with van der Waals surface area (Å²) in [6.07, 6.45) is 0. The van der Waals surface area contributed by atoms with E-state index in [-0.39, 0.29) is 18.2 Å². The van der Waals surface area contributed by atoms with Gasteiger partial charge in [-0.1, -0.05) is 29.8 Å². The minimum Gasteiger partial charge on any atom is -0.344 e. The molecule has 0 saturated heterocycles. The minimum absolute atomic E-state index is 0.0531. The molecule has 1 N–H and O–H groups in total. The summed E-state index contributed by atoms with van der Waals surface area (Å²) in [7, 11) is 0. The Morgan fingerprint density at radius 2 is 1.95 bits per heavy atom. The molecular weight excluding hydrogens is 406 g/mol. The van der Waals surface area contributed by atoms with E-state index in [1.54, 1.807) is 0 Å². The zero-order valence-electron chi connectivity index (χ0n) is 11.1.